The molecule has 0 atom stereocenters. The predicted molar refractivity (Wildman–Crippen MR) is 333 cm³/mol. The number of unbranched alkanes of at least 4 members (excludes halogenated alkanes) is 18. The number of ether oxygens (including phenoxy) is 6. The zero-order chi connectivity index (χ0) is 57.9. The number of benzene rings is 7. The van der Waals surface area contributed by atoms with Crippen LogP contribution < -0.4 is 28.4 Å². The van der Waals surface area contributed by atoms with E-state index in [2.05, 4.69) is 26.0 Å². The summed E-state index contributed by atoms with van der Waals surface area (Å²) >= 11 is 1.64. The Balaban J connectivity index is 0.760. The smallest absolute Gasteiger partial charge is 0.343 e. The summed E-state index contributed by atoms with van der Waals surface area (Å²) in [5.74, 6) is 0.698. The summed E-state index contributed by atoms with van der Waals surface area (Å²) in [6, 6.07) is 49.4. The summed E-state index contributed by atoms with van der Waals surface area (Å²) in [5.41, 5.74) is 3.31. The second-order valence-corrected chi connectivity index (χ2v) is 22.1. The van der Waals surface area contributed by atoms with Gasteiger partial charge in [0.05, 0.1) is 35.5 Å². The molecule has 0 saturated heterocycles. The highest BCUT2D eigenvalue weighted by Crippen LogP contribution is 2.44. The normalized spacial score (nSPS) is 11.1. The Morgan fingerprint density at radius 1 is 0.289 bits per heavy atom. The SMILES string of the molecule is CCCCCCCCCCCCOc1ccc(C(=O)Oc2ccc(C(=O)Oc3ccc(-c4sc(-c5ccc(OC(=O)c6ccc(OC(=O)c7ccc(OCCCCCCCCCCCC)cc7)cc6)cc5)c5ccccc45)cc3)cc2)cc1. The molecule has 0 spiro atoms. The highest BCUT2D eigenvalue weighted by atomic mass is 32.1. The van der Waals surface area contributed by atoms with Gasteiger partial charge < -0.3 is 28.4 Å². The maximum atomic E-state index is 13.2. The fraction of sp³-hybridized carbons (Fsp3) is 0.333. The van der Waals surface area contributed by atoms with Crippen molar-refractivity contribution in [3.05, 3.63) is 192 Å². The number of thiophene rings is 1. The summed E-state index contributed by atoms with van der Waals surface area (Å²) in [5, 5.41) is 2.14. The lowest BCUT2D eigenvalue weighted by atomic mass is 10.0. The number of esters is 4. The molecule has 0 bridgehead atoms. The molecular formula is C72H78O10S. The quantitative estimate of drug-likeness (QED) is 0.0219. The lowest BCUT2D eigenvalue weighted by Crippen LogP contribution is -2.10. The Bertz CT molecular complexity index is 3040. The fourth-order valence-electron chi connectivity index (χ4n) is 9.78. The first-order chi connectivity index (χ1) is 40.7. The van der Waals surface area contributed by atoms with Gasteiger partial charge in [0.15, 0.2) is 0 Å². The number of carbonyl (C=O) groups excluding carboxylic acids is 4. The molecule has 0 N–H and O–H groups in total. The van der Waals surface area contributed by atoms with Crippen molar-refractivity contribution >= 4 is 46.0 Å². The Morgan fingerprint density at radius 2 is 0.530 bits per heavy atom. The fourth-order valence-corrected chi connectivity index (χ4v) is 11.1. The lowest BCUT2D eigenvalue weighted by Gasteiger charge is -2.09. The minimum absolute atomic E-state index is 0.304. The van der Waals surface area contributed by atoms with Crippen molar-refractivity contribution in [3.63, 3.8) is 0 Å². The molecule has 0 radical (unpaired) electrons. The van der Waals surface area contributed by atoms with E-state index in [9.17, 15) is 19.2 Å². The van der Waals surface area contributed by atoms with E-state index in [1.165, 1.54) is 103 Å². The van der Waals surface area contributed by atoms with E-state index in [0.717, 1.165) is 57.3 Å². The van der Waals surface area contributed by atoms with Crippen molar-refractivity contribution in [1.82, 2.24) is 0 Å². The van der Waals surface area contributed by atoms with Crippen LogP contribution in [0.15, 0.2) is 170 Å². The molecule has 8 rings (SSSR count). The zero-order valence-corrected chi connectivity index (χ0v) is 49.0. The number of fused-ring (bicyclic) bond motifs is 1. The molecule has 0 aliphatic carbocycles. The predicted octanol–water partition coefficient (Wildman–Crippen LogP) is 19.7. The zero-order valence-electron chi connectivity index (χ0n) is 48.2. The summed E-state index contributed by atoms with van der Waals surface area (Å²) in [7, 11) is 0. The van der Waals surface area contributed by atoms with Crippen molar-refractivity contribution in [2.24, 2.45) is 0 Å². The van der Waals surface area contributed by atoms with Crippen LogP contribution in [0.1, 0.15) is 184 Å². The van der Waals surface area contributed by atoms with Crippen molar-refractivity contribution in [3.8, 4) is 55.4 Å². The Labute approximate surface area is 494 Å². The van der Waals surface area contributed by atoms with Crippen LogP contribution in [0.4, 0.5) is 0 Å². The summed E-state index contributed by atoms with van der Waals surface area (Å²) in [4.78, 5) is 54.4. The van der Waals surface area contributed by atoms with Crippen molar-refractivity contribution < 1.29 is 47.6 Å². The molecule has 1 heterocycles. The van der Waals surface area contributed by atoms with E-state index in [0.29, 0.717) is 70.0 Å². The summed E-state index contributed by atoms with van der Waals surface area (Å²) < 4.78 is 34.5. The number of hydrogen-bond donors (Lipinski definition) is 0. The molecule has 8 aromatic rings. The van der Waals surface area contributed by atoms with Crippen LogP contribution >= 0.6 is 11.3 Å². The van der Waals surface area contributed by atoms with Gasteiger partial charge in [-0.3, -0.25) is 0 Å². The van der Waals surface area contributed by atoms with Crippen LogP contribution in [0.2, 0.25) is 0 Å². The van der Waals surface area contributed by atoms with E-state index in [1.807, 2.05) is 36.4 Å². The molecule has 0 saturated carbocycles. The van der Waals surface area contributed by atoms with Crippen LogP contribution in [0.5, 0.6) is 34.5 Å². The molecular weight excluding hydrogens is 1060 g/mol. The van der Waals surface area contributed by atoms with Crippen LogP contribution in [0.25, 0.3) is 31.7 Å². The Hall–Kier alpha value is -8.02. The van der Waals surface area contributed by atoms with E-state index in [4.69, 9.17) is 28.4 Å². The molecule has 10 nitrogen and oxygen atoms in total. The standard InChI is InChI=1S/C72H78O10S/c1-3-5-7-9-11-13-15-17-19-23-51-77-59-39-31-55(32-40-59)69(73)81-63-47-35-57(36-48-63)71(75)79-61-43-27-53(28-44-61)67-65-25-21-22-26-66(65)68(83-67)54-29-45-62(46-30-54)80-72(76)58-37-49-64(50-38-58)82-70(74)56-33-41-60(42-34-56)78-52-24-20-18-16-14-12-10-8-6-4-2/h21-22,25-50H,3-20,23-24,51-52H2,1-2H3. The number of hydrogen-bond acceptors (Lipinski definition) is 11. The third kappa shape index (κ3) is 19.3. The van der Waals surface area contributed by atoms with Gasteiger partial charge in [-0.2, -0.15) is 0 Å². The molecule has 0 aliphatic heterocycles. The van der Waals surface area contributed by atoms with Gasteiger partial charge in [-0.15, -0.1) is 11.3 Å². The molecule has 0 amide bonds. The van der Waals surface area contributed by atoms with Crippen LogP contribution in [0, 0.1) is 0 Å². The lowest BCUT2D eigenvalue weighted by molar-refractivity contribution is 0.0720. The second kappa shape index (κ2) is 33.2. The first kappa shape index (κ1) is 61.1. The van der Waals surface area contributed by atoms with Gasteiger partial charge in [-0.05, 0) is 170 Å². The van der Waals surface area contributed by atoms with E-state index < -0.39 is 23.9 Å². The van der Waals surface area contributed by atoms with Crippen molar-refractivity contribution in [2.45, 2.75) is 142 Å². The second-order valence-electron chi connectivity index (χ2n) is 21.1. The number of rotatable bonds is 34. The third-order valence-electron chi connectivity index (χ3n) is 14.6. The maximum absolute atomic E-state index is 13.2. The molecule has 83 heavy (non-hydrogen) atoms. The van der Waals surface area contributed by atoms with Gasteiger partial charge in [0, 0.05) is 20.5 Å². The maximum Gasteiger partial charge on any atom is 0.343 e. The van der Waals surface area contributed by atoms with E-state index in [1.54, 1.807) is 133 Å². The largest absolute Gasteiger partial charge is 0.494 e. The number of carbonyl (C=O) groups is 4. The summed E-state index contributed by atoms with van der Waals surface area (Å²) in [6.45, 7) is 5.79. The van der Waals surface area contributed by atoms with E-state index >= 15 is 0 Å². The van der Waals surface area contributed by atoms with Gasteiger partial charge in [0.1, 0.15) is 34.5 Å². The van der Waals surface area contributed by atoms with Gasteiger partial charge in [-0.25, -0.2) is 19.2 Å². The Morgan fingerprint density at radius 3 is 0.807 bits per heavy atom. The van der Waals surface area contributed by atoms with Crippen LogP contribution in [0.3, 0.4) is 0 Å². The molecule has 0 aliphatic rings. The van der Waals surface area contributed by atoms with Crippen molar-refractivity contribution in [1.29, 1.82) is 0 Å². The van der Waals surface area contributed by atoms with Gasteiger partial charge in [-0.1, -0.05) is 154 Å². The third-order valence-corrected chi connectivity index (χ3v) is 15.9. The molecule has 0 fully saturated rings. The topological polar surface area (TPSA) is 124 Å². The highest BCUT2D eigenvalue weighted by molar-refractivity contribution is 7.21. The average Bonchev–Trinajstić information content (AvgIpc) is 4.16. The molecule has 7 aromatic carbocycles. The molecule has 1 aromatic heterocycles. The van der Waals surface area contributed by atoms with Gasteiger partial charge in [0.2, 0.25) is 0 Å². The first-order valence-electron chi connectivity index (χ1n) is 30.0. The Kier molecular flexibility index (Phi) is 24.4. The molecule has 0 unspecified atom stereocenters. The van der Waals surface area contributed by atoms with Gasteiger partial charge >= 0.3 is 23.9 Å². The molecule has 432 valence electrons. The van der Waals surface area contributed by atoms with Crippen molar-refractivity contribution in [2.75, 3.05) is 13.2 Å². The highest BCUT2D eigenvalue weighted by Gasteiger charge is 2.18. The molecule has 11 heteroatoms. The average molecular weight is 1140 g/mol. The van der Waals surface area contributed by atoms with Crippen LogP contribution in [-0.2, 0) is 0 Å². The van der Waals surface area contributed by atoms with E-state index in [-0.39, 0.29) is 0 Å². The van der Waals surface area contributed by atoms with Crippen LogP contribution in [-0.4, -0.2) is 37.1 Å². The summed E-state index contributed by atoms with van der Waals surface area (Å²) in [6.07, 6.45) is 25.3. The monoisotopic (exact) mass is 1130 g/mol. The minimum atomic E-state index is -0.545. The minimum Gasteiger partial charge on any atom is -0.494 e. The van der Waals surface area contributed by atoms with Gasteiger partial charge in [0.25, 0.3) is 0 Å². The first-order valence-corrected chi connectivity index (χ1v) is 30.8.